The summed E-state index contributed by atoms with van der Waals surface area (Å²) in [6.07, 6.45) is 0.461. The van der Waals surface area contributed by atoms with E-state index in [1.165, 1.54) is 43.1 Å². The smallest absolute Gasteiger partial charge is 0.253 e. The highest BCUT2D eigenvalue weighted by molar-refractivity contribution is 7.99. The van der Waals surface area contributed by atoms with Gasteiger partial charge in [0.1, 0.15) is 11.6 Å². The molecule has 1 N–H and O–H groups in total. The average Bonchev–Trinajstić information content (AvgIpc) is 3.77. The van der Waals surface area contributed by atoms with Crippen molar-refractivity contribution in [3.8, 4) is 17.2 Å². The van der Waals surface area contributed by atoms with Gasteiger partial charge in [0.25, 0.3) is 11.8 Å². The summed E-state index contributed by atoms with van der Waals surface area (Å²) in [5, 5.41) is 18.4. The van der Waals surface area contributed by atoms with E-state index in [4.69, 9.17) is 19.3 Å². The third kappa shape index (κ3) is 7.78. The second-order valence-corrected chi connectivity index (χ2v) is 12.2. The van der Waals surface area contributed by atoms with Crippen LogP contribution >= 0.6 is 11.8 Å². The number of nitrogens with zero attached hydrogens (tertiary/aromatic N) is 5. The Labute approximate surface area is 293 Å². The van der Waals surface area contributed by atoms with Crippen LogP contribution in [-0.2, 0) is 17.9 Å². The van der Waals surface area contributed by atoms with Crippen molar-refractivity contribution in [2.24, 2.45) is 5.10 Å². The van der Waals surface area contributed by atoms with Gasteiger partial charge in [0.2, 0.25) is 0 Å². The summed E-state index contributed by atoms with van der Waals surface area (Å²) in [4.78, 5) is 27.0. The zero-order valence-corrected chi connectivity index (χ0v) is 28.5. The van der Waals surface area contributed by atoms with Gasteiger partial charge in [-0.3, -0.25) is 9.59 Å². The molecule has 1 aromatic heterocycles. The SMILES string of the molecule is COc1ccc(C2=NN(C(=O)CSc3nnc(CNC(=O)c4ccc(OC)c(OC)c4)n3Cc3ccccc3)[C@@H](c3ccc(F)cc3)C2)cc1. The van der Waals surface area contributed by atoms with E-state index in [1.807, 2.05) is 59.2 Å². The van der Waals surface area contributed by atoms with Gasteiger partial charge < -0.3 is 24.1 Å². The van der Waals surface area contributed by atoms with Crippen molar-refractivity contribution >= 4 is 29.3 Å². The first kappa shape index (κ1) is 34.2. The van der Waals surface area contributed by atoms with Crippen LogP contribution in [0.15, 0.2) is 107 Å². The van der Waals surface area contributed by atoms with Gasteiger partial charge in [-0.25, -0.2) is 9.40 Å². The number of aromatic nitrogens is 3. The van der Waals surface area contributed by atoms with E-state index in [-0.39, 0.29) is 29.9 Å². The average molecular weight is 695 g/mol. The Balaban J connectivity index is 1.21. The monoisotopic (exact) mass is 694 g/mol. The van der Waals surface area contributed by atoms with E-state index in [1.54, 1.807) is 37.4 Å². The lowest BCUT2D eigenvalue weighted by molar-refractivity contribution is -0.130. The van der Waals surface area contributed by atoms with Gasteiger partial charge in [-0.2, -0.15) is 5.10 Å². The minimum Gasteiger partial charge on any atom is -0.497 e. The molecule has 1 aliphatic heterocycles. The van der Waals surface area contributed by atoms with E-state index in [9.17, 15) is 14.0 Å². The summed E-state index contributed by atoms with van der Waals surface area (Å²) >= 11 is 1.23. The maximum atomic E-state index is 13.9. The number of benzene rings is 4. The molecule has 6 rings (SSSR count). The molecule has 1 atom stereocenters. The number of halogens is 1. The molecule has 0 spiro atoms. The Hall–Kier alpha value is -5.69. The number of rotatable bonds is 13. The molecule has 256 valence electrons. The molecule has 0 saturated heterocycles. The van der Waals surface area contributed by atoms with Crippen LogP contribution in [0, 0.1) is 5.82 Å². The van der Waals surface area contributed by atoms with Crippen molar-refractivity contribution in [2.75, 3.05) is 27.1 Å². The molecule has 2 heterocycles. The van der Waals surface area contributed by atoms with Crippen LogP contribution in [0.4, 0.5) is 4.39 Å². The molecule has 0 aliphatic carbocycles. The second kappa shape index (κ2) is 15.7. The Morgan fingerprint density at radius 3 is 2.32 bits per heavy atom. The molecular formula is C37H35FN6O5S. The largest absolute Gasteiger partial charge is 0.497 e. The summed E-state index contributed by atoms with van der Waals surface area (Å²) in [6.45, 7) is 0.517. The van der Waals surface area contributed by atoms with Crippen molar-refractivity contribution in [2.45, 2.75) is 30.7 Å². The molecule has 4 aromatic carbocycles. The molecule has 0 saturated carbocycles. The Morgan fingerprint density at radius 1 is 0.880 bits per heavy atom. The van der Waals surface area contributed by atoms with Crippen LogP contribution < -0.4 is 19.5 Å². The quantitative estimate of drug-likeness (QED) is 0.152. The second-order valence-electron chi connectivity index (χ2n) is 11.3. The highest BCUT2D eigenvalue weighted by atomic mass is 32.2. The first-order valence-electron chi connectivity index (χ1n) is 15.7. The lowest BCUT2D eigenvalue weighted by atomic mass is 9.98. The predicted molar refractivity (Wildman–Crippen MR) is 187 cm³/mol. The van der Waals surface area contributed by atoms with Crippen molar-refractivity contribution in [3.63, 3.8) is 0 Å². The van der Waals surface area contributed by atoms with Gasteiger partial charge in [0, 0.05) is 12.0 Å². The topological polar surface area (TPSA) is 120 Å². The van der Waals surface area contributed by atoms with Crippen molar-refractivity contribution in [1.29, 1.82) is 0 Å². The Kier molecular flexibility index (Phi) is 10.7. The molecule has 11 nitrogen and oxygen atoms in total. The fourth-order valence-electron chi connectivity index (χ4n) is 5.56. The number of ether oxygens (including phenoxy) is 3. The van der Waals surface area contributed by atoms with E-state index in [0.29, 0.717) is 46.8 Å². The van der Waals surface area contributed by atoms with Crippen LogP contribution in [0.1, 0.15) is 45.3 Å². The molecule has 0 bridgehead atoms. The number of methoxy groups -OCH3 is 3. The van der Waals surface area contributed by atoms with Crippen LogP contribution in [0.5, 0.6) is 17.2 Å². The van der Waals surface area contributed by atoms with Gasteiger partial charge in [0.05, 0.1) is 51.9 Å². The molecule has 5 aromatic rings. The minimum atomic E-state index is -0.412. The van der Waals surface area contributed by atoms with Gasteiger partial charge in [-0.05, 0) is 71.3 Å². The fourth-order valence-corrected chi connectivity index (χ4v) is 6.36. The highest BCUT2D eigenvalue weighted by Gasteiger charge is 2.33. The maximum absolute atomic E-state index is 13.9. The van der Waals surface area contributed by atoms with Gasteiger partial charge in [-0.1, -0.05) is 54.2 Å². The molecule has 13 heteroatoms. The summed E-state index contributed by atoms with van der Waals surface area (Å²) in [5.74, 6) is 1.28. The highest BCUT2D eigenvalue weighted by Crippen LogP contribution is 2.34. The molecule has 0 unspecified atom stereocenters. The Bertz CT molecular complexity index is 1990. The summed E-state index contributed by atoms with van der Waals surface area (Å²) in [5.41, 5.74) is 3.77. The number of hydrazone groups is 1. The number of hydrogen-bond acceptors (Lipinski definition) is 9. The first-order valence-corrected chi connectivity index (χ1v) is 16.7. The third-order valence-corrected chi connectivity index (χ3v) is 9.15. The van der Waals surface area contributed by atoms with Crippen molar-refractivity contribution in [1.82, 2.24) is 25.1 Å². The fraction of sp³-hybridized carbons (Fsp3) is 0.216. The number of hydrogen-bond donors (Lipinski definition) is 1. The summed E-state index contributed by atoms with van der Waals surface area (Å²) in [6, 6.07) is 27.9. The molecular weight excluding hydrogens is 660 g/mol. The zero-order chi connectivity index (χ0) is 35.0. The molecule has 50 heavy (non-hydrogen) atoms. The zero-order valence-electron chi connectivity index (χ0n) is 27.7. The van der Waals surface area contributed by atoms with Gasteiger partial charge in [-0.15, -0.1) is 10.2 Å². The standard InChI is InChI=1S/C37H35FN6O5S/c1-47-29-16-11-25(12-17-29)30-20-31(26-9-14-28(38)15-10-26)44(42-30)35(45)23-50-37-41-40-34(43(37)22-24-7-5-4-6-8-24)21-39-36(46)27-13-18-32(48-2)33(19-27)49-3/h4-19,31H,20-23H2,1-3H3,(H,39,46)/t31-/m1/s1. The molecule has 2 amide bonds. The van der Waals surface area contributed by atoms with Crippen LogP contribution in [0.25, 0.3) is 0 Å². The van der Waals surface area contributed by atoms with Crippen LogP contribution in [0.2, 0.25) is 0 Å². The Morgan fingerprint density at radius 2 is 1.62 bits per heavy atom. The molecule has 0 fully saturated rings. The van der Waals surface area contributed by atoms with Crippen molar-refractivity contribution < 1.29 is 28.2 Å². The van der Waals surface area contributed by atoms with Gasteiger partial charge >= 0.3 is 0 Å². The van der Waals surface area contributed by atoms with E-state index in [0.717, 1.165) is 22.4 Å². The molecule has 1 aliphatic rings. The number of carbonyl (C=O) groups is 2. The maximum Gasteiger partial charge on any atom is 0.253 e. The van der Waals surface area contributed by atoms with E-state index in [2.05, 4.69) is 15.5 Å². The minimum absolute atomic E-state index is 0.0159. The lowest BCUT2D eigenvalue weighted by Gasteiger charge is -2.22. The third-order valence-electron chi connectivity index (χ3n) is 8.20. The molecule has 0 radical (unpaired) electrons. The number of nitrogens with one attached hydrogen (secondary N) is 1. The van der Waals surface area contributed by atoms with E-state index >= 15 is 0 Å². The van der Waals surface area contributed by atoms with Crippen LogP contribution in [-0.4, -0.2) is 64.4 Å². The van der Waals surface area contributed by atoms with E-state index < -0.39 is 6.04 Å². The number of carbonyl (C=O) groups excluding carboxylic acids is 2. The summed E-state index contributed by atoms with van der Waals surface area (Å²) < 4.78 is 31.6. The predicted octanol–water partition coefficient (Wildman–Crippen LogP) is 5.89. The van der Waals surface area contributed by atoms with Crippen LogP contribution in [0.3, 0.4) is 0 Å². The first-order chi connectivity index (χ1) is 24.4. The number of amides is 2. The van der Waals surface area contributed by atoms with Gasteiger partial charge in [0.15, 0.2) is 22.5 Å². The van der Waals surface area contributed by atoms with Crippen molar-refractivity contribution in [3.05, 3.63) is 131 Å². The normalized spacial score (nSPS) is 13.9. The number of thioether (sulfide) groups is 1. The summed E-state index contributed by atoms with van der Waals surface area (Å²) in [7, 11) is 4.64. The lowest BCUT2D eigenvalue weighted by Crippen LogP contribution is -2.28.